The molecular weight excluding hydrogens is 643 g/mol. The molecule has 0 aromatic rings. The second kappa shape index (κ2) is 35.6. The summed E-state index contributed by atoms with van der Waals surface area (Å²) < 4.78 is 32.5. The first-order valence-electron chi connectivity index (χ1n) is 20.0. The van der Waals surface area contributed by atoms with E-state index in [0.29, 0.717) is 12.8 Å². The summed E-state index contributed by atoms with van der Waals surface area (Å²) in [6.07, 6.45) is 35.4. The topological polar surface area (TPSA) is 108 Å². The Morgan fingerprint density at radius 3 is 1.38 bits per heavy atom. The summed E-state index contributed by atoms with van der Waals surface area (Å²) in [6.45, 7) is 5.47. The molecule has 0 aliphatic carbocycles. The van der Waals surface area contributed by atoms with Crippen molar-refractivity contribution in [3.8, 4) is 0 Å². The predicted octanol–water partition coefficient (Wildman–Crippen LogP) is 12.1. The molecule has 284 valence electrons. The number of carbonyl (C=O) groups is 2. The van der Waals surface area contributed by atoms with Crippen molar-refractivity contribution in [3.63, 3.8) is 0 Å². The molecule has 0 aromatic heterocycles. The van der Waals surface area contributed by atoms with Crippen molar-refractivity contribution in [2.75, 3.05) is 19.8 Å². The van der Waals surface area contributed by atoms with E-state index in [4.69, 9.17) is 18.5 Å². The van der Waals surface area contributed by atoms with Gasteiger partial charge in [-0.3, -0.25) is 18.6 Å². The molecular formula is C39H75O8P. The van der Waals surface area contributed by atoms with Crippen LogP contribution in [0.3, 0.4) is 0 Å². The van der Waals surface area contributed by atoms with Crippen molar-refractivity contribution in [2.24, 2.45) is 0 Å². The molecule has 0 fully saturated rings. The van der Waals surface area contributed by atoms with Crippen LogP contribution in [0.15, 0.2) is 12.2 Å². The average molecular weight is 719 g/mol. The van der Waals surface area contributed by atoms with Gasteiger partial charge in [-0.2, -0.15) is 0 Å². The van der Waals surface area contributed by atoms with Crippen LogP contribution in [0.4, 0.5) is 0 Å². The standard InChI is InChI=1S/C39H75O8P/c1-4-7-9-11-13-15-17-19-20-22-24-26-28-30-32-34-39(41)47-37(36-46-48(42,43)45-6-3)35-44-38(40)33-31-29-27-25-23-21-18-16-14-12-10-8-5-2/h19-20,37H,4-18,21-36H2,1-3H3,(H,42,43)/b20-19-/t37-/m1/s1/i2+1,5+1,8+1,10+1,12+1,14+1,16+1,18+1,21+1,23+1,25+1,27+1,29+1,31+1,33+1,38+1. The smallest absolute Gasteiger partial charge is 0.462 e. The monoisotopic (exact) mass is 719 g/mol. The Morgan fingerprint density at radius 1 is 0.542 bits per heavy atom. The van der Waals surface area contributed by atoms with Crippen LogP contribution in [0, 0.1) is 0 Å². The van der Waals surface area contributed by atoms with Crippen LogP contribution >= 0.6 is 7.82 Å². The maximum Gasteiger partial charge on any atom is 0.472 e. The minimum absolute atomic E-state index is 0.00181. The zero-order chi connectivity index (χ0) is 35.4. The van der Waals surface area contributed by atoms with E-state index in [1.807, 2.05) is 0 Å². The highest BCUT2D eigenvalue weighted by molar-refractivity contribution is 7.47. The van der Waals surface area contributed by atoms with Gasteiger partial charge in [0.05, 0.1) is 13.2 Å². The average Bonchev–Trinajstić information content (AvgIpc) is 3.06. The van der Waals surface area contributed by atoms with E-state index in [-0.39, 0.29) is 25.6 Å². The number of hydrogen-bond acceptors (Lipinski definition) is 7. The molecule has 2 atom stereocenters. The number of ether oxygens (including phenoxy) is 2. The van der Waals surface area contributed by atoms with E-state index in [2.05, 4.69) is 26.0 Å². The fourth-order valence-corrected chi connectivity index (χ4v) is 6.38. The molecule has 0 aliphatic rings. The Bertz CT molecular complexity index is 803. The summed E-state index contributed by atoms with van der Waals surface area (Å²) >= 11 is 0. The molecule has 0 aliphatic heterocycles. The number of phosphoric ester groups is 1. The predicted molar refractivity (Wildman–Crippen MR) is 198 cm³/mol. The number of unbranched alkanes of at least 4 members (excludes halogenated alkanes) is 23. The van der Waals surface area contributed by atoms with E-state index in [1.54, 1.807) is 6.92 Å². The van der Waals surface area contributed by atoms with Gasteiger partial charge in [0.15, 0.2) is 6.10 Å². The molecule has 0 aromatic carbocycles. The van der Waals surface area contributed by atoms with Crippen molar-refractivity contribution in [1.29, 1.82) is 0 Å². The summed E-state index contributed by atoms with van der Waals surface area (Å²) in [4.78, 5) is 34.6. The molecule has 9 heteroatoms. The molecule has 0 amide bonds. The van der Waals surface area contributed by atoms with Gasteiger partial charge in [-0.25, -0.2) is 4.57 Å². The fourth-order valence-electron chi connectivity index (χ4n) is 5.62. The number of esters is 2. The summed E-state index contributed by atoms with van der Waals surface area (Å²) in [6, 6.07) is 0. The SMILES string of the molecule is CCCCCCCC/C=C\CCCCCCCC(=O)O[C@H](CO[13C](=O)[13CH2][13CH2][13CH2][13CH2][13CH2][13CH2][13CH2][13CH2][13CH2][13CH2][13CH2][13CH2][13CH2][13CH2][13CH3])COP(=O)(O)OCC. The van der Waals surface area contributed by atoms with Crippen LogP contribution in [-0.4, -0.2) is 42.8 Å². The lowest BCUT2D eigenvalue weighted by atomic mass is 10.1. The molecule has 0 bridgehead atoms. The van der Waals surface area contributed by atoms with E-state index < -0.39 is 26.5 Å². The molecule has 0 saturated carbocycles. The molecule has 1 unspecified atom stereocenters. The van der Waals surface area contributed by atoms with Crippen LogP contribution in [0.2, 0.25) is 0 Å². The Morgan fingerprint density at radius 2 is 0.938 bits per heavy atom. The van der Waals surface area contributed by atoms with E-state index >= 15 is 0 Å². The van der Waals surface area contributed by atoms with E-state index in [1.165, 1.54) is 109 Å². The first kappa shape index (κ1) is 46.8. The van der Waals surface area contributed by atoms with Crippen LogP contribution in [0.5, 0.6) is 0 Å². The van der Waals surface area contributed by atoms with E-state index in [0.717, 1.165) is 51.4 Å². The van der Waals surface area contributed by atoms with Crippen LogP contribution < -0.4 is 0 Å². The highest BCUT2D eigenvalue weighted by Gasteiger charge is 2.25. The van der Waals surface area contributed by atoms with Gasteiger partial charge in [0.1, 0.15) is 6.61 Å². The third kappa shape index (κ3) is 34.6. The highest BCUT2D eigenvalue weighted by Crippen LogP contribution is 2.43. The Balaban J connectivity index is 4.12. The maximum absolute atomic E-state index is 12.5. The third-order valence-corrected chi connectivity index (χ3v) is 9.63. The van der Waals surface area contributed by atoms with Crippen molar-refractivity contribution < 1.29 is 37.6 Å². The minimum Gasteiger partial charge on any atom is -0.462 e. The van der Waals surface area contributed by atoms with Crippen LogP contribution in [0.1, 0.15) is 201 Å². The Hall–Kier alpha value is -1.21. The van der Waals surface area contributed by atoms with Gasteiger partial charge in [-0.15, -0.1) is 0 Å². The maximum atomic E-state index is 12.5. The molecule has 0 heterocycles. The zero-order valence-electron chi connectivity index (χ0n) is 31.4. The van der Waals surface area contributed by atoms with Crippen molar-refractivity contribution >= 4 is 19.8 Å². The van der Waals surface area contributed by atoms with Gasteiger partial charge < -0.3 is 14.4 Å². The molecule has 8 nitrogen and oxygen atoms in total. The van der Waals surface area contributed by atoms with Gasteiger partial charge in [-0.1, -0.05) is 154 Å². The number of carbonyl (C=O) groups excluding carboxylic acids is 2. The number of hydrogen-bond donors (Lipinski definition) is 1. The zero-order valence-corrected chi connectivity index (χ0v) is 32.3. The number of allylic oxidation sites excluding steroid dienone is 2. The first-order chi connectivity index (χ1) is 23.3. The van der Waals surface area contributed by atoms with E-state index in [9.17, 15) is 19.0 Å². The third-order valence-electron chi connectivity index (χ3n) is 8.57. The van der Waals surface area contributed by atoms with Crippen LogP contribution in [-0.2, 0) is 32.7 Å². The Kier molecular flexibility index (Phi) is 34.7. The van der Waals surface area contributed by atoms with Crippen molar-refractivity contribution in [3.05, 3.63) is 12.2 Å². The Labute approximate surface area is 295 Å². The molecule has 0 spiro atoms. The lowest BCUT2D eigenvalue weighted by Crippen LogP contribution is -2.29. The second-order valence-electron chi connectivity index (χ2n) is 13.3. The highest BCUT2D eigenvalue weighted by atomic mass is 31.2. The van der Waals surface area contributed by atoms with Gasteiger partial charge in [0, 0.05) is 12.8 Å². The fraction of sp³-hybridized carbons (Fsp3) is 0.897. The largest absolute Gasteiger partial charge is 0.472 e. The number of phosphoric acid groups is 1. The summed E-state index contributed by atoms with van der Waals surface area (Å²) in [5.41, 5.74) is 0. The molecule has 1 N–H and O–H groups in total. The molecule has 0 saturated heterocycles. The molecule has 0 rings (SSSR count). The van der Waals surface area contributed by atoms with Crippen molar-refractivity contribution in [1.82, 2.24) is 0 Å². The second-order valence-corrected chi connectivity index (χ2v) is 14.8. The van der Waals surface area contributed by atoms with Gasteiger partial charge >= 0.3 is 19.8 Å². The summed E-state index contributed by atoms with van der Waals surface area (Å²) in [7, 11) is -4.27. The summed E-state index contributed by atoms with van der Waals surface area (Å²) in [5.74, 6) is -0.800. The number of rotatable bonds is 37. The van der Waals surface area contributed by atoms with Crippen LogP contribution in [0.25, 0.3) is 0 Å². The molecule has 0 radical (unpaired) electrons. The lowest BCUT2D eigenvalue weighted by Gasteiger charge is -2.19. The lowest BCUT2D eigenvalue weighted by molar-refractivity contribution is -0.161. The molecule has 48 heavy (non-hydrogen) atoms. The normalized spacial score (nSPS) is 13.5. The van der Waals surface area contributed by atoms with Crippen molar-refractivity contribution in [2.45, 2.75) is 207 Å². The van der Waals surface area contributed by atoms with Gasteiger partial charge in [0.2, 0.25) is 0 Å². The summed E-state index contributed by atoms with van der Waals surface area (Å²) in [5, 5.41) is 0. The van der Waals surface area contributed by atoms with Gasteiger partial charge in [0.25, 0.3) is 0 Å². The van der Waals surface area contributed by atoms with Gasteiger partial charge in [-0.05, 0) is 45.4 Å². The quantitative estimate of drug-likeness (QED) is 0.0222. The minimum atomic E-state index is -4.27. The first-order valence-corrected chi connectivity index (χ1v) is 21.5.